The van der Waals surface area contributed by atoms with Gasteiger partial charge in [-0.25, -0.2) is 0 Å². The van der Waals surface area contributed by atoms with Crippen LogP contribution in [0.2, 0.25) is 0 Å². The Labute approximate surface area is 127 Å². The Kier molecular flexibility index (Phi) is 4.88. The lowest BCUT2D eigenvalue weighted by Crippen LogP contribution is -2.49. The standard InChI is InChI=1S/C17H27N3O/c1-14-11-18-7-4-15(14)12-19-9-5-16(6-10-19)20-8-2-3-17(21)13-20/h4,7,11,16-17,21H,2-3,5-6,8-10,12-13H2,1H3/t17-/m0/s1. The van der Waals surface area contributed by atoms with Crippen molar-refractivity contribution in [1.29, 1.82) is 0 Å². The largest absolute Gasteiger partial charge is 0.392 e. The fourth-order valence-corrected chi connectivity index (χ4v) is 3.68. The van der Waals surface area contributed by atoms with Crippen LogP contribution in [0.25, 0.3) is 0 Å². The fraction of sp³-hybridized carbons (Fsp3) is 0.706. The maximum atomic E-state index is 9.83. The first-order chi connectivity index (χ1) is 10.2. The van der Waals surface area contributed by atoms with Crippen LogP contribution in [-0.4, -0.2) is 58.2 Å². The lowest BCUT2D eigenvalue weighted by molar-refractivity contribution is 0.0243. The summed E-state index contributed by atoms with van der Waals surface area (Å²) in [5.74, 6) is 0. The highest BCUT2D eigenvalue weighted by Crippen LogP contribution is 2.22. The summed E-state index contributed by atoms with van der Waals surface area (Å²) in [6.07, 6.45) is 8.35. The number of aryl methyl sites for hydroxylation is 1. The summed E-state index contributed by atoms with van der Waals surface area (Å²) >= 11 is 0. The number of hydrogen-bond donors (Lipinski definition) is 1. The van der Waals surface area contributed by atoms with E-state index in [4.69, 9.17) is 0 Å². The summed E-state index contributed by atoms with van der Waals surface area (Å²) in [6, 6.07) is 2.82. The highest BCUT2D eigenvalue weighted by Gasteiger charge is 2.28. The monoisotopic (exact) mass is 289 g/mol. The average molecular weight is 289 g/mol. The molecule has 4 heteroatoms. The number of rotatable bonds is 3. The minimum atomic E-state index is -0.101. The van der Waals surface area contributed by atoms with Gasteiger partial charge in [-0.1, -0.05) is 0 Å². The van der Waals surface area contributed by atoms with Gasteiger partial charge in [0.05, 0.1) is 6.10 Å². The molecule has 0 aromatic carbocycles. The molecule has 1 aromatic heterocycles. The molecule has 1 aromatic rings. The van der Waals surface area contributed by atoms with Gasteiger partial charge in [0.15, 0.2) is 0 Å². The number of pyridine rings is 1. The maximum Gasteiger partial charge on any atom is 0.0667 e. The molecular formula is C17H27N3O. The summed E-state index contributed by atoms with van der Waals surface area (Å²) < 4.78 is 0. The van der Waals surface area contributed by atoms with Crippen LogP contribution in [-0.2, 0) is 6.54 Å². The minimum Gasteiger partial charge on any atom is -0.392 e. The second kappa shape index (κ2) is 6.86. The van der Waals surface area contributed by atoms with E-state index in [2.05, 4.69) is 27.8 Å². The van der Waals surface area contributed by atoms with Gasteiger partial charge in [0.2, 0.25) is 0 Å². The molecule has 0 amide bonds. The zero-order valence-corrected chi connectivity index (χ0v) is 13.0. The molecule has 2 aliphatic rings. The van der Waals surface area contributed by atoms with E-state index in [-0.39, 0.29) is 6.10 Å². The highest BCUT2D eigenvalue weighted by atomic mass is 16.3. The zero-order chi connectivity index (χ0) is 14.7. The number of aromatic nitrogens is 1. The van der Waals surface area contributed by atoms with Crippen LogP contribution < -0.4 is 0 Å². The Bertz CT molecular complexity index is 457. The minimum absolute atomic E-state index is 0.101. The Morgan fingerprint density at radius 3 is 2.76 bits per heavy atom. The number of nitrogens with zero attached hydrogens (tertiary/aromatic N) is 3. The molecule has 2 fully saturated rings. The molecule has 1 atom stereocenters. The summed E-state index contributed by atoms with van der Waals surface area (Å²) in [4.78, 5) is 9.24. The van der Waals surface area contributed by atoms with E-state index in [1.165, 1.54) is 43.6 Å². The number of aliphatic hydroxyl groups excluding tert-OH is 1. The lowest BCUT2D eigenvalue weighted by atomic mass is 9.98. The smallest absolute Gasteiger partial charge is 0.0667 e. The molecule has 2 aliphatic heterocycles. The van der Waals surface area contributed by atoms with E-state index in [9.17, 15) is 5.11 Å². The SMILES string of the molecule is Cc1cnccc1CN1CCC(N2CCC[C@H](O)C2)CC1. The van der Waals surface area contributed by atoms with Crippen molar-refractivity contribution in [2.24, 2.45) is 0 Å². The van der Waals surface area contributed by atoms with Gasteiger partial charge >= 0.3 is 0 Å². The molecule has 2 saturated heterocycles. The van der Waals surface area contributed by atoms with Crippen molar-refractivity contribution in [3.8, 4) is 0 Å². The summed E-state index contributed by atoms with van der Waals surface area (Å²) in [5, 5.41) is 9.83. The molecule has 4 nitrogen and oxygen atoms in total. The third kappa shape index (κ3) is 3.82. The van der Waals surface area contributed by atoms with Crippen molar-refractivity contribution in [2.75, 3.05) is 26.2 Å². The predicted molar refractivity (Wildman–Crippen MR) is 84.1 cm³/mol. The van der Waals surface area contributed by atoms with Crippen molar-refractivity contribution < 1.29 is 5.11 Å². The summed E-state index contributed by atoms with van der Waals surface area (Å²) in [6.45, 7) is 7.57. The fourth-order valence-electron chi connectivity index (χ4n) is 3.68. The van der Waals surface area contributed by atoms with Gasteiger partial charge in [0, 0.05) is 31.5 Å². The van der Waals surface area contributed by atoms with E-state index < -0.39 is 0 Å². The Morgan fingerprint density at radius 1 is 1.24 bits per heavy atom. The number of aliphatic hydroxyl groups is 1. The van der Waals surface area contributed by atoms with E-state index in [0.29, 0.717) is 6.04 Å². The molecule has 0 spiro atoms. The molecule has 0 aliphatic carbocycles. The van der Waals surface area contributed by atoms with Crippen LogP contribution in [0.1, 0.15) is 36.8 Å². The Hall–Kier alpha value is -0.970. The van der Waals surface area contributed by atoms with Crippen LogP contribution in [0, 0.1) is 6.92 Å². The number of likely N-dealkylation sites (tertiary alicyclic amines) is 2. The van der Waals surface area contributed by atoms with Gasteiger partial charge in [-0.3, -0.25) is 14.8 Å². The number of β-amino-alcohol motifs (C(OH)–C–C–N with tert-alkyl or cyclic N) is 1. The van der Waals surface area contributed by atoms with Crippen molar-refractivity contribution in [2.45, 2.75) is 51.3 Å². The first-order valence-electron chi connectivity index (χ1n) is 8.26. The Morgan fingerprint density at radius 2 is 2.05 bits per heavy atom. The van der Waals surface area contributed by atoms with Crippen LogP contribution in [0.3, 0.4) is 0 Å². The second-order valence-corrected chi connectivity index (χ2v) is 6.60. The molecular weight excluding hydrogens is 262 g/mol. The third-order valence-corrected chi connectivity index (χ3v) is 5.03. The summed E-state index contributed by atoms with van der Waals surface area (Å²) in [5.41, 5.74) is 2.69. The van der Waals surface area contributed by atoms with Gasteiger partial charge in [-0.05, 0) is 69.4 Å². The van der Waals surface area contributed by atoms with Gasteiger partial charge in [-0.15, -0.1) is 0 Å². The first-order valence-corrected chi connectivity index (χ1v) is 8.26. The van der Waals surface area contributed by atoms with Gasteiger partial charge in [0.25, 0.3) is 0 Å². The van der Waals surface area contributed by atoms with E-state index >= 15 is 0 Å². The summed E-state index contributed by atoms with van der Waals surface area (Å²) in [7, 11) is 0. The molecule has 0 saturated carbocycles. The van der Waals surface area contributed by atoms with Gasteiger partial charge in [-0.2, -0.15) is 0 Å². The van der Waals surface area contributed by atoms with E-state index in [0.717, 1.165) is 25.9 Å². The zero-order valence-electron chi connectivity index (χ0n) is 13.0. The number of piperidine rings is 2. The lowest BCUT2D eigenvalue weighted by Gasteiger charge is -2.41. The molecule has 1 N–H and O–H groups in total. The van der Waals surface area contributed by atoms with Gasteiger partial charge in [0.1, 0.15) is 0 Å². The Balaban J connectivity index is 1.50. The molecule has 3 rings (SSSR count). The topological polar surface area (TPSA) is 39.6 Å². The van der Waals surface area contributed by atoms with Gasteiger partial charge < -0.3 is 5.11 Å². The van der Waals surface area contributed by atoms with Crippen LogP contribution in [0.5, 0.6) is 0 Å². The molecule has 0 unspecified atom stereocenters. The quantitative estimate of drug-likeness (QED) is 0.921. The van der Waals surface area contributed by atoms with E-state index in [1.807, 2.05) is 12.4 Å². The molecule has 3 heterocycles. The van der Waals surface area contributed by atoms with Crippen LogP contribution >= 0.6 is 0 Å². The van der Waals surface area contributed by atoms with Crippen molar-refractivity contribution in [1.82, 2.24) is 14.8 Å². The molecule has 116 valence electrons. The molecule has 21 heavy (non-hydrogen) atoms. The average Bonchev–Trinajstić information content (AvgIpc) is 2.50. The van der Waals surface area contributed by atoms with Crippen molar-refractivity contribution in [3.05, 3.63) is 29.6 Å². The van der Waals surface area contributed by atoms with Crippen molar-refractivity contribution in [3.63, 3.8) is 0 Å². The highest BCUT2D eigenvalue weighted by molar-refractivity contribution is 5.21. The first kappa shape index (κ1) is 14.9. The molecule has 0 bridgehead atoms. The second-order valence-electron chi connectivity index (χ2n) is 6.60. The predicted octanol–water partition coefficient (Wildman–Crippen LogP) is 1.81. The molecule has 0 radical (unpaired) electrons. The number of hydrogen-bond acceptors (Lipinski definition) is 4. The van der Waals surface area contributed by atoms with E-state index in [1.54, 1.807) is 0 Å². The van der Waals surface area contributed by atoms with Crippen LogP contribution in [0.4, 0.5) is 0 Å². The van der Waals surface area contributed by atoms with Crippen LogP contribution in [0.15, 0.2) is 18.5 Å². The third-order valence-electron chi connectivity index (χ3n) is 5.03. The van der Waals surface area contributed by atoms with Crippen molar-refractivity contribution >= 4 is 0 Å². The maximum absolute atomic E-state index is 9.83. The normalized spacial score (nSPS) is 26.1.